The van der Waals surface area contributed by atoms with Crippen molar-refractivity contribution in [2.45, 2.75) is 59.3 Å². The number of benzene rings is 1. The van der Waals surface area contributed by atoms with Crippen molar-refractivity contribution in [1.82, 2.24) is 14.5 Å². The molecule has 3 aliphatic heterocycles. The van der Waals surface area contributed by atoms with Crippen LogP contribution in [0.15, 0.2) is 46.0 Å². The van der Waals surface area contributed by atoms with E-state index >= 15 is 0 Å². The summed E-state index contributed by atoms with van der Waals surface area (Å²) in [6.45, 7) is 10.0. The molecule has 0 aliphatic carbocycles. The van der Waals surface area contributed by atoms with E-state index in [0.717, 1.165) is 55.0 Å². The number of likely N-dealkylation sites (tertiary alicyclic amines) is 1. The molecule has 8 nitrogen and oxygen atoms in total. The lowest BCUT2D eigenvalue weighted by Gasteiger charge is -2.20. The summed E-state index contributed by atoms with van der Waals surface area (Å²) in [5.41, 5.74) is 5.44. The van der Waals surface area contributed by atoms with Gasteiger partial charge in [-0.25, -0.2) is 0 Å². The lowest BCUT2D eigenvalue weighted by Crippen LogP contribution is -2.35. The molecule has 1 aromatic heterocycles. The van der Waals surface area contributed by atoms with Crippen molar-refractivity contribution in [3.05, 3.63) is 58.4 Å². The van der Waals surface area contributed by atoms with Gasteiger partial charge in [0.25, 0.3) is 5.91 Å². The van der Waals surface area contributed by atoms with Gasteiger partial charge in [-0.15, -0.1) is 0 Å². The molecule has 5 rings (SSSR count). The molecule has 1 fully saturated rings. The first kappa shape index (κ1) is 25.2. The Morgan fingerprint density at radius 3 is 2.57 bits per heavy atom. The Hall–Kier alpha value is -3.46. The van der Waals surface area contributed by atoms with Crippen LogP contribution in [0.2, 0.25) is 0 Å². The van der Waals surface area contributed by atoms with E-state index in [-0.39, 0.29) is 23.7 Å². The summed E-state index contributed by atoms with van der Waals surface area (Å²) in [5, 5.41) is 15.4. The topological polar surface area (TPSA) is 94.1 Å². The number of hydrogen-bond donors (Lipinski definition) is 1. The van der Waals surface area contributed by atoms with Gasteiger partial charge in [-0.2, -0.15) is 15.1 Å². The Labute approximate surface area is 221 Å². The average Bonchev–Trinajstić information content (AvgIpc) is 3.61. The Balaban J connectivity index is 1.39. The molecule has 0 bridgehead atoms. The van der Waals surface area contributed by atoms with Crippen LogP contribution >= 0.6 is 11.8 Å². The molecule has 2 amide bonds. The van der Waals surface area contributed by atoms with E-state index in [2.05, 4.69) is 52.8 Å². The van der Waals surface area contributed by atoms with Crippen LogP contribution in [0.5, 0.6) is 0 Å². The third kappa shape index (κ3) is 4.80. The second kappa shape index (κ2) is 10.1. The molecule has 9 heteroatoms. The zero-order chi connectivity index (χ0) is 26.3. The van der Waals surface area contributed by atoms with Gasteiger partial charge < -0.3 is 9.47 Å². The number of carbonyl (C=O) groups excluding carboxylic acids is 2. The van der Waals surface area contributed by atoms with Gasteiger partial charge in [0.05, 0.1) is 12.0 Å². The van der Waals surface area contributed by atoms with Crippen molar-refractivity contribution in [3.63, 3.8) is 0 Å². The highest BCUT2D eigenvalue weighted by Gasteiger charge is 2.36. The highest BCUT2D eigenvalue weighted by molar-refractivity contribution is 8.27. The first-order valence-corrected chi connectivity index (χ1v) is 13.6. The van der Waals surface area contributed by atoms with E-state index in [1.807, 2.05) is 24.8 Å². The Bertz CT molecular complexity index is 1360. The molecule has 0 spiro atoms. The van der Waals surface area contributed by atoms with Crippen molar-refractivity contribution in [3.8, 4) is 5.69 Å². The number of amides is 2. The summed E-state index contributed by atoms with van der Waals surface area (Å²) in [7, 11) is 0. The van der Waals surface area contributed by atoms with E-state index in [9.17, 15) is 9.59 Å². The molecule has 0 saturated carbocycles. The standard InChI is InChI=1S/C28H32N6O2S/c1-5-17(2)20-8-10-22(11-9-20)33-18(3)14-21(19(33)4)15-23-26(29)34-28(30-27(23)36)37-24(31-34)16-25(35)32-12-6-7-13-32/h8-11,14-15,17,29H,5-7,12-13,16H2,1-4H3/b23-15+,29-26?/t17-/m1/s1. The minimum atomic E-state index is -0.464. The molecule has 192 valence electrons. The molecule has 1 aromatic carbocycles. The number of fused-ring (bicyclic) bond motifs is 1. The molecule has 4 heterocycles. The Morgan fingerprint density at radius 1 is 1.19 bits per heavy atom. The predicted molar refractivity (Wildman–Crippen MR) is 149 cm³/mol. The third-order valence-corrected chi connectivity index (χ3v) is 8.27. The summed E-state index contributed by atoms with van der Waals surface area (Å²) >= 11 is 1.19. The van der Waals surface area contributed by atoms with Crippen LogP contribution in [-0.2, 0) is 9.59 Å². The predicted octanol–water partition coefficient (Wildman–Crippen LogP) is 5.24. The van der Waals surface area contributed by atoms with E-state index in [0.29, 0.717) is 16.1 Å². The Kier molecular flexibility index (Phi) is 6.90. The fraction of sp³-hybridized carbons (Fsp3) is 0.393. The van der Waals surface area contributed by atoms with Crippen molar-refractivity contribution >= 4 is 45.7 Å². The summed E-state index contributed by atoms with van der Waals surface area (Å²) in [6, 6.07) is 10.6. The van der Waals surface area contributed by atoms with Gasteiger partial charge in [-0.1, -0.05) is 26.0 Å². The second-order valence-electron chi connectivity index (χ2n) is 9.84. The number of aliphatic imine (C=N–C) groups is 1. The van der Waals surface area contributed by atoms with Crippen LogP contribution in [0.3, 0.4) is 0 Å². The van der Waals surface area contributed by atoms with Crippen LogP contribution < -0.4 is 0 Å². The summed E-state index contributed by atoms with van der Waals surface area (Å²) in [6.07, 6.45) is 5.05. The van der Waals surface area contributed by atoms with Gasteiger partial charge in [-0.3, -0.25) is 15.0 Å². The number of thioether (sulfide) groups is 1. The normalized spacial score (nSPS) is 19.4. The summed E-state index contributed by atoms with van der Waals surface area (Å²) < 4.78 is 2.16. The molecule has 1 N–H and O–H groups in total. The maximum Gasteiger partial charge on any atom is 0.283 e. The summed E-state index contributed by atoms with van der Waals surface area (Å²) in [4.78, 5) is 31.5. The highest BCUT2D eigenvalue weighted by Crippen LogP contribution is 2.31. The van der Waals surface area contributed by atoms with Gasteiger partial charge in [0.2, 0.25) is 11.1 Å². The van der Waals surface area contributed by atoms with Crippen LogP contribution in [0, 0.1) is 19.3 Å². The Morgan fingerprint density at radius 2 is 1.89 bits per heavy atom. The minimum Gasteiger partial charge on any atom is -0.342 e. The fourth-order valence-corrected chi connectivity index (χ4v) is 5.86. The van der Waals surface area contributed by atoms with E-state index in [4.69, 9.17) is 5.41 Å². The van der Waals surface area contributed by atoms with E-state index < -0.39 is 5.91 Å². The number of hydrazone groups is 1. The lowest BCUT2D eigenvalue weighted by molar-refractivity contribution is -0.128. The number of amidine groups is 2. The van der Waals surface area contributed by atoms with Gasteiger partial charge in [0.1, 0.15) is 5.04 Å². The maximum absolute atomic E-state index is 12.9. The van der Waals surface area contributed by atoms with Crippen LogP contribution in [-0.4, -0.2) is 55.4 Å². The lowest BCUT2D eigenvalue weighted by atomic mass is 9.98. The zero-order valence-corrected chi connectivity index (χ0v) is 22.6. The maximum atomic E-state index is 12.9. The number of carbonyl (C=O) groups is 2. The minimum absolute atomic E-state index is 0.0196. The fourth-order valence-electron chi connectivity index (χ4n) is 4.99. The van der Waals surface area contributed by atoms with Crippen LogP contribution in [0.1, 0.15) is 68.0 Å². The number of nitrogens with one attached hydrogen (secondary N) is 1. The number of aryl methyl sites for hydroxylation is 1. The monoisotopic (exact) mass is 516 g/mol. The largest absolute Gasteiger partial charge is 0.342 e. The van der Waals surface area contributed by atoms with Gasteiger partial charge >= 0.3 is 0 Å². The number of rotatable bonds is 6. The van der Waals surface area contributed by atoms with Crippen molar-refractivity contribution < 1.29 is 9.59 Å². The smallest absolute Gasteiger partial charge is 0.283 e. The van der Waals surface area contributed by atoms with E-state index in [1.165, 1.54) is 22.3 Å². The van der Waals surface area contributed by atoms with E-state index in [1.54, 1.807) is 6.08 Å². The van der Waals surface area contributed by atoms with Gasteiger partial charge in [0, 0.05) is 30.2 Å². The second-order valence-corrected chi connectivity index (χ2v) is 10.9. The molecule has 3 aliphatic rings. The molecule has 2 aromatic rings. The molecule has 37 heavy (non-hydrogen) atoms. The van der Waals surface area contributed by atoms with Gasteiger partial charge in [-0.05, 0) is 86.2 Å². The number of aromatic nitrogens is 1. The van der Waals surface area contributed by atoms with Crippen molar-refractivity contribution in [2.75, 3.05) is 13.1 Å². The summed E-state index contributed by atoms with van der Waals surface area (Å²) in [5.74, 6) is 0.0605. The number of hydrogen-bond acceptors (Lipinski definition) is 5. The first-order valence-electron chi connectivity index (χ1n) is 12.8. The number of nitrogens with zero attached hydrogens (tertiary/aromatic N) is 5. The van der Waals surface area contributed by atoms with Gasteiger partial charge in [0.15, 0.2) is 5.84 Å². The highest BCUT2D eigenvalue weighted by atomic mass is 32.2. The first-order chi connectivity index (χ1) is 17.8. The molecular formula is C28H32N6O2S. The molecule has 0 unspecified atom stereocenters. The molecule has 1 saturated heterocycles. The third-order valence-electron chi connectivity index (χ3n) is 7.36. The van der Waals surface area contributed by atoms with Crippen molar-refractivity contribution in [2.24, 2.45) is 10.1 Å². The van der Waals surface area contributed by atoms with Crippen LogP contribution in [0.25, 0.3) is 11.8 Å². The average molecular weight is 517 g/mol. The quantitative estimate of drug-likeness (QED) is 0.532. The molecule has 0 radical (unpaired) electrons. The van der Waals surface area contributed by atoms with Crippen molar-refractivity contribution in [1.29, 1.82) is 5.41 Å². The van der Waals surface area contributed by atoms with Crippen LogP contribution in [0.4, 0.5) is 0 Å². The molecular weight excluding hydrogens is 484 g/mol. The SMILES string of the molecule is CC[C@@H](C)c1ccc(-n2c(C)cc(/C=C3\C(=N)N4N=C(CC(=O)N5CCCC5)SC4=NC3=O)c2C)cc1. The zero-order valence-electron chi connectivity index (χ0n) is 21.7. The molecule has 1 atom stereocenters.